The van der Waals surface area contributed by atoms with Gasteiger partial charge in [-0.15, -0.1) is 0 Å². The molecule has 0 aromatic heterocycles. The van der Waals surface area contributed by atoms with Gasteiger partial charge in [-0.1, -0.05) is 6.07 Å². The van der Waals surface area contributed by atoms with E-state index in [4.69, 9.17) is 10.00 Å². The largest absolute Gasteiger partial charge is 0.494 e. The molecule has 22 heavy (non-hydrogen) atoms. The first-order valence-electron chi connectivity index (χ1n) is 6.86. The number of amides is 1. The molecule has 0 atom stereocenters. The van der Waals surface area contributed by atoms with Crippen LogP contribution in [0.4, 0.5) is 10.1 Å². The number of hydrogen-bond donors (Lipinski definition) is 1. The summed E-state index contributed by atoms with van der Waals surface area (Å²) in [5, 5.41) is 11.5. The van der Waals surface area contributed by atoms with Crippen molar-refractivity contribution in [3.8, 4) is 11.8 Å². The van der Waals surface area contributed by atoms with Gasteiger partial charge in [-0.25, -0.2) is 4.39 Å². The van der Waals surface area contributed by atoms with Crippen LogP contribution in [0.15, 0.2) is 48.5 Å². The average Bonchev–Trinajstić information content (AvgIpc) is 2.53. The Morgan fingerprint density at radius 3 is 2.73 bits per heavy atom. The van der Waals surface area contributed by atoms with Gasteiger partial charge >= 0.3 is 0 Å². The van der Waals surface area contributed by atoms with Gasteiger partial charge in [0.1, 0.15) is 11.6 Å². The number of nitrogens with zero attached hydrogens (tertiary/aromatic N) is 1. The van der Waals surface area contributed by atoms with Crippen LogP contribution in [0.1, 0.15) is 18.4 Å². The van der Waals surface area contributed by atoms with E-state index in [0.29, 0.717) is 36.4 Å². The Bertz CT molecular complexity index is 678. The molecule has 0 heterocycles. The Morgan fingerprint density at radius 2 is 2.00 bits per heavy atom. The van der Waals surface area contributed by atoms with Crippen LogP contribution >= 0.6 is 0 Å². The number of carbonyl (C=O) groups excluding carboxylic acids is 1. The third-order valence-electron chi connectivity index (χ3n) is 2.91. The summed E-state index contributed by atoms with van der Waals surface area (Å²) in [4.78, 5) is 11.8. The smallest absolute Gasteiger partial charge is 0.224 e. The average molecular weight is 298 g/mol. The summed E-state index contributed by atoms with van der Waals surface area (Å²) in [7, 11) is 0. The molecule has 0 unspecified atom stereocenters. The lowest BCUT2D eigenvalue weighted by atomic mass is 10.2. The quantitative estimate of drug-likeness (QED) is 0.830. The van der Waals surface area contributed by atoms with Gasteiger partial charge in [-0.05, 0) is 48.9 Å². The zero-order valence-electron chi connectivity index (χ0n) is 11.9. The lowest BCUT2D eigenvalue weighted by Gasteiger charge is -2.07. The summed E-state index contributed by atoms with van der Waals surface area (Å²) in [5.74, 6) is 0.118. The number of nitriles is 1. The maximum Gasteiger partial charge on any atom is 0.224 e. The minimum atomic E-state index is -0.314. The topological polar surface area (TPSA) is 62.1 Å². The summed E-state index contributed by atoms with van der Waals surface area (Å²) < 4.78 is 18.1. The third-order valence-corrected chi connectivity index (χ3v) is 2.91. The molecule has 0 aliphatic rings. The molecular weight excluding hydrogens is 283 g/mol. The molecule has 0 aliphatic heterocycles. The highest BCUT2D eigenvalue weighted by Crippen LogP contribution is 2.12. The number of carbonyl (C=O) groups is 1. The molecule has 0 fully saturated rings. The second-order valence-electron chi connectivity index (χ2n) is 4.65. The molecule has 4 nitrogen and oxygen atoms in total. The first-order chi connectivity index (χ1) is 10.7. The SMILES string of the molecule is N#Cc1cccc(NC(=O)CCCOc2ccc(F)cc2)c1. The molecule has 0 radical (unpaired) electrons. The van der Waals surface area contributed by atoms with Crippen LogP contribution in [0.25, 0.3) is 0 Å². The first-order valence-corrected chi connectivity index (χ1v) is 6.86. The monoisotopic (exact) mass is 298 g/mol. The fraction of sp³-hybridized carbons (Fsp3) is 0.176. The molecule has 2 aromatic rings. The Kier molecular flexibility index (Phi) is 5.50. The minimum Gasteiger partial charge on any atom is -0.494 e. The van der Waals surface area contributed by atoms with Crippen molar-refractivity contribution in [3.63, 3.8) is 0 Å². The molecule has 0 spiro atoms. The Hall–Kier alpha value is -2.87. The molecule has 0 saturated heterocycles. The van der Waals surface area contributed by atoms with E-state index in [0.717, 1.165) is 0 Å². The van der Waals surface area contributed by atoms with Crippen molar-refractivity contribution >= 4 is 11.6 Å². The van der Waals surface area contributed by atoms with Crippen LogP contribution in [0, 0.1) is 17.1 Å². The van der Waals surface area contributed by atoms with E-state index in [-0.39, 0.29) is 11.7 Å². The van der Waals surface area contributed by atoms with Crippen LogP contribution in [-0.4, -0.2) is 12.5 Å². The molecule has 0 aliphatic carbocycles. The number of halogens is 1. The fourth-order valence-corrected chi connectivity index (χ4v) is 1.84. The molecule has 1 amide bonds. The normalized spacial score (nSPS) is 9.82. The van der Waals surface area contributed by atoms with Crippen molar-refractivity contribution in [1.29, 1.82) is 5.26 Å². The van der Waals surface area contributed by atoms with Gasteiger partial charge in [0.15, 0.2) is 0 Å². The van der Waals surface area contributed by atoms with E-state index in [1.54, 1.807) is 36.4 Å². The molecular formula is C17H15FN2O2. The molecule has 2 rings (SSSR count). The molecule has 0 saturated carbocycles. The van der Waals surface area contributed by atoms with Crippen LogP contribution in [0.2, 0.25) is 0 Å². The van der Waals surface area contributed by atoms with Gasteiger partial charge in [0.25, 0.3) is 0 Å². The van der Waals surface area contributed by atoms with Gasteiger partial charge in [0, 0.05) is 12.1 Å². The van der Waals surface area contributed by atoms with Crippen LogP contribution in [0.5, 0.6) is 5.75 Å². The van der Waals surface area contributed by atoms with Gasteiger partial charge < -0.3 is 10.1 Å². The maximum absolute atomic E-state index is 12.7. The molecule has 2 aromatic carbocycles. The van der Waals surface area contributed by atoms with Crippen molar-refractivity contribution in [3.05, 3.63) is 59.9 Å². The van der Waals surface area contributed by atoms with Crippen molar-refractivity contribution in [2.24, 2.45) is 0 Å². The zero-order valence-corrected chi connectivity index (χ0v) is 11.9. The predicted molar refractivity (Wildman–Crippen MR) is 80.9 cm³/mol. The standard InChI is InChI=1S/C17H15FN2O2/c18-14-6-8-16(9-7-14)22-10-2-5-17(21)20-15-4-1-3-13(11-15)12-19/h1,3-4,6-9,11H,2,5,10H2,(H,20,21). The number of ether oxygens (including phenoxy) is 1. The number of rotatable bonds is 6. The van der Waals surface area contributed by atoms with Crippen molar-refractivity contribution in [2.75, 3.05) is 11.9 Å². The summed E-state index contributed by atoms with van der Waals surface area (Å²) in [6, 6.07) is 14.5. The minimum absolute atomic E-state index is 0.141. The molecule has 1 N–H and O–H groups in total. The number of hydrogen-bond acceptors (Lipinski definition) is 3. The second kappa shape index (κ2) is 7.79. The van der Waals surface area contributed by atoms with E-state index in [9.17, 15) is 9.18 Å². The molecule has 0 bridgehead atoms. The van der Waals surface area contributed by atoms with E-state index >= 15 is 0 Å². The number of nitrogens with one attached hydrogen (secondary N) is 1. The summed E-state index contributed by atoms with van der Waals surface area (Å²) in [6.45, 7) is 0.372. The highest BCUT2D eigenvalue weighted by molar-refractivity contribution is 5.90. The van der Waals surface area contributed by atoms with Gasteiger partial charge in [-0.2, -0.15) is 5.26 Å². The van der Waals surface area contributed by atoms with E-state index in [1.165, 1.54) is 12.1 Å². The summed E-state index contributed by atoms with van der Waals surface area (Å²) in [6.07, 6.45) is 0.846. The molecule has 112 valence electrons. The Balaban J connectivity index is 1.71. The van der Waals surface area contributed by atoms with Crippen LogP contribution in [0.3, 0.4) is 0 Å². The van der Waals surface area contributed by atoms with E-state index in [2.05, 4.69) is 5.32 Å². The van der Waals surface area contributed by atoms with Gasteiger partial charge in [0.2, 0.25) is 5.91 Å². The first kappa shape index (κ1) is 15.5. The third kappa shape index (κ3) is 4.91. The lowest BCUT2D eigenvalue weighted by Crippen LogP contribution is -2.12. The predicted octanol–water partition coefficient (Wildman–Crippen LogP) is 3.50. The maximum atomic E-state index is 12.7. The molecule has 5 heteroatoms. The highest BCUT2D eigenvalue weighted by Gasteiger charge is 2.03. The van der Waals surface area contributed by atoms with E-state index < -0.39 is 0 Å². The Labute approximate surface area is 128 Å². The summed E-state index contributed by atoms with van der Waals surface area (Å²) >= 11 is 0. The fourth-order valence-electron chi connectivity index (χ4n) is 1.84. The van der Waals surface area contributed by atoms with Crippen LogP contribution < -0.4 is 10.1 Å². The van der Waals surface area contributed by atoms with Crippen molar-refractivity contribution in [1.82, 2.24) is 0 Å². The van der Waals surface area contributed by atoms with Gasteiger partial charge in [-0.3, -0.25) is 4.79 Å². The number of benzene rings is 2. The number of anilines is 1. The van der Waals surface area contributed by atoms with Crippen molar-refractivity contribution < 1.29 is 13.9 Å². The van der Waals surface area contributed by atoms with E-state index in [1.807, 2.05) is 6.07 Å². The van der Waals surface area contributed by atoms with Crippen molar-refractivity contribution in [2.45, 2.75) is 12.8 Å². The second-order valence-corrected chi connectivity index (χ2v) is 4.65. The lowest BCUT2D eigenvalue weighted by molar-refractivity contribution is -0.116. The van der Waals surface area contributed by atoms with Crippen LogP contribution in [-0.2, 0) is 4.79 Å². The Morgan fingerprint density at radius 1 is 1.23 bits per heavy atom. The zero-order chi connectivity index (χ0) is 15.8. The summed E-state index contributed by atoms with van der Waals surface area (Å²) in [5.41, 5.74) is 1.10. The highest BCUT2D eigenvalue weighted by atomic mass is 19.1. The van der Waals surface area contributed by atoms with Gasteiger partial charge in [0.05, 0.1) is 18.2 Å².